The van der Waals surface area contributed by atoms with E-state index in [-0.39, 0.29) is 21.5 Å². The molecule has 178 valence electrons. The molecule has 1 N–H and O–H groups in total. The Bertz CT molecular complexity index is 1220. The minimum Gasteiger partial charge on any atom is -0.493 e. The molecule has 1 heterocycles. The highest BCUT2D eigenvalue weighted by molar-refractivity contribution is 14.1. The zero-order valence-corrected chi connectivity index (χ0v) is 22.7. The van der Waals surface area contributed by atoms with Crippen LogP contribution < -0.4 is 14.9 Å². The van der Waals surface area contributed by atoms with Crippen LogP contribution in [0.4, 0.5) is 0 Å². The number of nitrogens with zero attached hydrogens (tertiary/aromatic N) is 1. The lowest BCUT2D eigenvalue weighted by atomic mass is 10.1. The molecule has 1 fully saturated rings. The third-order valence-electron chi connectivity index (χ3n) is 4.49. The lowest BCUT2D eigenvalue weighted by Gasteiger charge is -2.16. The zero-order chi connectivity index (χ0) is 25.0. The van der Waals surface area contributed by atoms with E-state index < -0.39 is 17.8 Å². The maximum absolute atomic E-state index is 12.9. The highest BCUT2D eigenvalue weighted by Crippen LogP contribution is 2.37. The van der Waals surface area contributed by atoms with Gasteiger partial charge in [-0.3, -0.25) is 15.0 Å². The van der Waals surface area contributed by atoms with Crippen molar-refractivity contribution in [1.82, 2.24) is 10.4 Å². The molecule has 0 spiro atoms. The van der Waals surface area contributed by atoms with E-state index in [9.17, 15) is 14.4 Å². The Morgan fingerprint density at radius 2 is 2.00 bits per heavy atom. The summed E-state index contributed by atoms with van der Waals surface area (Å²) in [6.07, 6.45) is 1.62. The maximum Gasteiger partial charge on any atom is 0.343 e. The second kappa shape index (κ2) is 11.4. The Morgan fingerprint density at radius 1 is 1.26 bits per heavy atom. The number of amides is 2. The minimum atomic E-state index is -0.550. The Morgan fingerprint density at radius 3 is 2.65 bits per heavy atom. The van der Waals surface area contributed by atoms with E-state index in [1.165, 1.54) is 14.2 Å². The van der Waals surface area contributed by atoms with Crippen molar-refractivity contribution in [3.63, 3.8) is 0 Å². The lowest BCUT2D eigenvalue weighted by Crippen LogP contribution is -2.44. The van der Waals surface area contributed by atoms with Gasteiger partial charge in [0.25, 0.3) is 11.8 Å². The fourth-order valence-corrected chi connectivity index (χ4v) is 5.12. The van der Waals surface area contributed by atoms with Gasteiger partial charge in [0, 0.05) is 0 Å². The van der Waals surface area contributed by atoms with Crippen LogP contribution in [0, 0.1) is 10.5 Å². The van der Waals surface area contributed by atoms with Crippen LogP contribution in [-0.2, 0) is 14.3 Å². The predicted molar refractivity (Wildman–Crippen MR) is 142 cm³/mol. The van der Waals surface area contributed by atoms with Gasteiger partial charge >= 0.3 is 5.97 Å². The number of rotatable bonds is 7. The number of thioether (sulfide) groups is 1. The number of methoxy groups -OCH3 is 2. The average Bonchev–Trinajstić information content (AvgIpc) is 3.04. The number of carbonyl (C=O) groups is 3. The molecule has 0 atom stereocenters. The molecule has 1 aliphatic rings. The van der Waals surface area contributed by atoms with Crippen molar-refractivity contribution in [2.45, 2.75) is 6.92 Å². The fourth-order valence-electron chi connectivity index (χ4n) is 2.83. The molecule has 1 aliphatic heterocycles. The van der Waals surface area contributed by atoms with Gasteiger partial charge in [-0.15, -0.1) is 0 Å². The Balaban J connectivity index is 1.81. The quantitative estimate of drug-likeness (QED) is 0.208. The van der Waals surface area contributed by atoms with Crippen molar-refractivity contribution < 1.29 is 28.6 Å². The summed E-state index contributed by atoms with van der Waals surface area (Å²) in [5.74, 6) is -0.808. The first-order valence-corrected chi connectivity index (χ1v) is 12.2. The van der Waals surface area contributed by atoms with Crippen LogP contribution >= 0.6 is 58.2 Å². The molecular formula is C22H18ClIN2O6S2. The van der Waals surface area contributed by atoms with Gasteiger partial charge in [0.2, 0.25) is 0 Å². The minimum absolute atomic E-state index is 0.174. The molecule has 0 unspecified atom stereocenters. The molecule has 2 aromatic carbocycles. The Labute approximate surface area is 224 Å². The number of halogens is 2. The number of benzene rings is 2. The number of ether oxygens (including phenoxy) is 3. The van der Waals surface area contributed by atoms with Gasteiger partial charge in [-0.05, 0) is 83.2 Å². The van der Waals surface area contributed by atoms with Crippen LogP contribution in [0.3, 0.4) is 0 Å². The molecule has 2 amide bonds. The monoisotopic (exact) mass is 632 g/mol. The van der Waals surface area contributed by atoms with Crippen LogP contribution in [0.15, 0.2) is 35.2 Å². The number of carbonyl (C=O) groups excluding carboxylic acids is 3. The van der Waals surface area contributed by atoms with E-state index in [4.69, 9.17) is 33.3 Å². The van der Waals surface area contributed by atoms with Gasteiger partial charge in [-0.25, -0.2) is 4.79 Å². The predicted octanol–water partition coefficient (Wildman–Crippen LogP) is 4.36. The first-order valence-electron chi connectivity index (χ1n) is 9.56. The molecule has 2 aromatic rings. The summed E-state index contributed by atoms with van der Waals surface area (Å²) in [4.78, 5) is 37.3. The summed E-state index contributed by atoms with van der Waals surface area (Å²) < 4.78 is 16.3. The first-order chi connectivity index (χ1) is 16.1. The number of thiocarbonyl (C=S) groups is 1. The van der Waals surface area contributed by atoms with Crippen molar-refractivity contribution in [2.75, 3.05) is 20.8 Å². The summed E-state index contributed by atoms with van der Waals surface area (Å²) in [5, 5.41) is 1.29. The molecule has 0 aromatic heterocycles. The average molecular weight is 633 g/mol. The van der Waals surface area contributed by atoms with Gasteiger partial charge in [0.05, 0.1) is 33.3 Å². The standard InChI is InChI=1S/C22H18ClIN2O6S2/c1-11-4-5-13(14(23)6-11)20(28)25-26-21(29)17(34-22(26)33)9-12-7-15(24)19(16(8-12)30-2)32-10-18(27)31-3/h4-9H,10H2,1-3H3,(H,25,28)/b17-9-. The Hall–Kier alpha value is -2.35. The van der Waals surface area contributed by atoms with Crippen molar-refractivity contribution >= 4 is 86.4 Å². The van der Waals surface area contributed by atoms with Crippen LogP contribution in [0.25, 0.3) is 6.08 Å². The fraction of sp³-hybridized carbons (Fsp3) is 0.182. The largest absolute Gasteiger partial charge is 0.493 e. The number of hydrogen-bond acceptors (Lipinski definition) is 8. The maximum atomic E-state index is 12.9. The van der Waals surface area contributed by atoms with Crippen molar-refractivity contribution in [3.05, 3.63) is 60.5 Å². The van der Waals surface area contributed by atoms with Crippen LogP contribution in [0.5, 0.6) is 11.5 Å². The number of hydrazine groups is 1. The topological polar surface area (TPSA) is 94.2 Å². The molecule has 0 bridgehead atoms. The lowest BCUT2D eigenvalue weighted by molar-refractivity contribution is -0.143. The number of nitrogens with one attached hydrogen (secondary N) is 1. The molecule has 3 rings (SSSR count). The van der Waals surface area contributed by atoms with E-state index in [1.54, 1.807) is 36.4 Å². The van der Waals surface area contributed by atoms with Gasteiger partial charge in [0.15, 0.2) is 22.4 Å². The van der Waals surface area contributed by atoms with Crippen molar-refractivity contribution in [1.29, 1.82) is 0 Å². The summed E-state index contributed by atoms with van der Waals surface area (Å²) >= 11 is 14.5. The molecule has 0 aliphatic carbocycles. The molecule has 8 nitrogen and oxygen atoms in total. The van der Waals surface area contributed by atoms with E-state index in [2.05, 4.69) is 10.2 Å². The number of aryl methyl sites for hydroxylation is 1. The molecule has 34 heavy (non-hydrogen) atoms. The third-order valence-corrected chi connectivity index (χ3v) is 6.90. The second-order valence-electron chi connectivity index (χ2n) is 6.84. The third kappa shape index (κ3) is 6.01. The highest BCUT2D eigenvalue weighted by Gasteiger charge is 2.34. The smallest absolute Gasteiger partial charge is 0.343 e. The summed E-state index contributed by atoms with van der Waals surface area (Å²) in [5.41, 5.74) is 4.29. The summed E-state index contributed by atoms with van der Waals surface area (Å²) in [6, 6.07) is 8.41. The highest BCUT2D eigenvalue weighted by atomic mass is 127. The SMILES string of the molecule is COC(=O)COc1c(I)cc(/C=C2\SC(=S)N(NC(=O)c3ccc(C)cc3Cl)C2=O)cc1OC. The van der Waals surface area contributed by atoms with E-state index in [1.807, 2.05) is 29.5 Å². The number of esters is 1. The zero-order valence-electron chi connectivity index (χ0n) is 18.1. The molecule has 0 saturated carbocycles. The second-order valence-corrected chi connectivity index (χ2v) is 10.1. The molecule has 12 heteroatoms. The normalized spacial score (nSPS) is 14.4. The van der Waals surface area contributed by atoms with Crippen LogP contribution in [0.1, 0.15) is 21.5 Å². The summed E-state index contributed by atoms with van der Waals surface area (Å²) in [6.45, 7) is 1.58. The molecule has 1 saturated heterocycles. The van der Waals surface area contributed by atoms with Crippen molar-refractivity contribution in [3.8, 4) is 11.5 Å². The number of hydrogen-bond donors (Lipinski definition) is 1. The van der Waals surface area contributed by atoms with Gasteiger partial charge in [0.1, 0.15) is 0 Å². The first kappa shape index (κ1) is 26.3. The van der Waals surface area contributed by atoms with Crippen molar-refractivity contribution in [2.24, 2.45) is 0 Å². The summed E-state index contributed by atoms with van der Waals surface area (Å²) in [7, 11) is 2.73. The molecule has 0 radical (unpaired) electrons. The van der Waals surface area contributed by atoms with E-state index in [0.717, 1.165) is 22.3 Å². The van der Waals surface area contributed by atoms with Gasteiger partial charge in [-0.1, -0.05) is 29.4 Å². The van der Waals surface area contributed by atoms with E-state index in [0.29, 0.717) is 25.5 Å². The van der Waals surface area contributed by atoms with Crippen LogP contribution in [0.2, 0.25) is 5.02 Å². The molecular weight excluding hydrogens is 615 g/mol. The van der Waals surface area contributed by atoms with E-state index >= 15 is 0 Å². The van der Waals surface area contributed by atoms with Gasteiger partial charge in [-0.2, -0.15) is 5.01 Å². The Kier molecular flexibility index (Phi) is 8.79. The van der Waals surface area contributed by atoms with Crippen LogP contribution in [-0.4, -0.2) is 47.9 Å². The van der Waals surface area contributed by atoms with Gasteiger partial charge < -0.3 is 14.2 Å².